The van der Waals surface area contributed by atoms with Crippen LogP contribution in [0.25, 0.3) is 0 Å². The average Bonchev–Trinajstić information content (AvgIpc) is 2.42. The van der Waals surface area contributed by atoms with Gasteiger partial charge in [0, 0.05) is 0 Å². The Morgan fingerprint density at radius 1 is 1.06 bits per heavy atom. The Bertz CT molecular complexity index is 588. The number of halogens is 1. The van der Waals surface area contributed by atoms with Gasteiger partial charge in [-0.3, -0.25) is 0 Å². The molecule has 0 radical (unpaired) electrons. The fourth-order valence-electron chi connectivity index (χ4n) is 1.42. The molecule has 0 bridgehead atoms. The number of ether oxygens (including phenoxy) is 2. The molecule has 3 nitrogen and oxygen atoms in total. The highest BCUT2D eigenvalue weighted by atomic mass is 127. The van der Waals surface area contributed by atoms with Gasteiger partial charge in [0.2, 0.25) is 0 Å². The second-order valence-corrected chi connectivity index (χ2v) is 4.70. The summed E-state index contributed by atoms with van der Waals surface area (Å²) in [5, 5.41) is 8.79. The third-order valence-corrected chi connectivity index (χ3v) is 3.19. The van der Waals surface area contributed by atoms with Gasteiger partial charge in [0.05, 0.1) is 22.3 Å². The predicted octanol–water partition coefficient (Wildman–Crippen LogP) is 3.96. The van der Waals surface area contributed by atoms with Crippen molar-refractivity contribution in [2.24, 2.45) is 0 Å². The van der Waals surface area contributed by atoms with Crippen molar-refractivity contribution < 1.29 is 9.47 Å². The Balaban J connectivity index is 2.20. The Labute approximate surface area is 119 Å². The predicted molar refractivity (Wildman–Crippen MR) is 76.9 cm³/mol. The first-order valence-corrected chi connectivity index (χ1v) is 6.32. The van der Waals surface area contributed by atoms with Crippen molar-refractivity contribution >= 4 is 22.6 Å². The summed E-state index contributed by atoms with van der Waals surface area (Å²) in [4.78, 5) is 0. The highest BCUT2D eigenvalue weighted by Crippen LogP contribution is 2.28. The lowest BCUT2D eigenvalue weighted by atomic mass is 10.2. The monoisotopic (exact) mass is 351 g/mol. The van der Waals surface area contributed by atoms with E-state index in [1.807, 2.05) is 24.3 Å². The van der Waals surface area contributed by atoms with Crippen molar-refractivity contribution in [3.8, 4) is 23.3 Å². The van der Waals surface area contributed by atoms with Crippen LogP contribution in [0.3, 0.4) is 0 Å². The minimum Gasteiger partial charge on any atom is -0.497 e. The average molecular weight is 351 g/mol. The summed E-state index contributed by atoms with van der Waals surface area (Å²) in [5.74, 6) is 2.26. The van der Waals surface area contributed by atoms with E-state index < -0.39 is 0 Å². The molecule has 2 aromatic carbocycles. The lowest BCUT2D eigenvalue weighted by Gasteiger charge is -2.08. The Morgan fingerprint density at radius 3 is 2.28 bits per heavy atom. The van der Waals surface area contributed by atoms with Gasteiger partial charge in [-0.25, -0.2) is 0 Å². The molecule has 0 aromatic heterocycles. The van der Waals surface area contributed by atoms with Crippen LogP contribution in [0.4, 0.5) is 0 Å². The molecule has 0 atom stereocenters. The standard InChI is InChI=1S/C14H10INO2/c1-17-11-3-5-12(6-4-11)18-14-7-2-10(9-16)8-13(14)15/h2-8H,1H3. The number of nitrogens with zero attached hydrogens (tertiary/aromatic N) is 1. The Hall–Kier alpha value is -1.74. The summed E-state index contributed by atoms with van der Waals surface area (Å²) in [5.41, 5.74) is 0.626. The zero-order valence-corrected chi connectivity index (χ0v) is 11.8. The normalized spacial score (nSPS) is 9.61. The first-order valence-electron chi connectivity index (χ1n) is 5.24. The van der Waals surface area contributed by atoms with Crippen LogP contribution in [0.2, 0.25) is 0 Å². The molecule has 0 saturated carbocycles. The number of benzene rings is 2. The van der Waals surface area contributed by atoms with Crippen LogP contribution in [0, 0.1) is 14.9 Å². The molecule has 2 rings (SSSR count). The van der Waals surface area contributed by atoms with Crippen molar-refractivity contribution in [1.82, 2.24) is 0 Å². The van der Waals surface area contributed by atoms with Crippen LogP contribution in [0.15, 0.2) is 42.5 Å². The zero-order chi connectivity index (χ0) is 13.0. The molecule has 0 aliphatic carbocycles. The molecule has 0 aliphatic heterocycles. The number of methoxy groups -OCH3 is 1. The molecule has 0 amide bonds. The van der Waals surface area contributed by atoms with Crippen LogP contribution in [0.5, 0.6) is 17.2 Å². The maximum absolute atomic E-state index is 8.79. The number of hydrogen-bond acceptors (Lipinski definition) is 3. The third kappa shape index (κ3) is 2.93. The van der Waals surface area contributed by atoms with E-state index in [0.717, 1.165) is 20.8 Å². The van der Waals surface area contributed by atoms with Crippen molar-refractivity contribution in [2.45, 2.75) is 0 Å². The molecular weight excluding hydrogens is 341 g/mol. The van der Waals surface area contributed by atoms with E-state index in [1.165, 1.54) is 0 Å². The summed E-state index contributed by atoms with van der Waals surface area (Å²) in [6, 6.07) is 14.8. The van der Waals surface area contributed by atoms with Gasteiger partial charge in [0.15, 0.2) is 0 Å². The highest BCUT2D eigenvalue weighted by molar-refractivity contribution is 14.1. The molecule has 0 saturated heterocycles. The lowest BCUT2D eigenvalue weighted by Crippen LogP contribution is -1.89. The van der Waals surface area contributed by atoms with Crippen molar-refractivity contribution in [3.05, 3.63) is 51.6 Å². The Morgan fingerprint density at radius 2 is 1.72 bits per heavy atom. The molecule has 0 aliphatic rings. The Kier molecular flexibility index (Phi) is 4.05. The molecule has 4 heteroatoms. The number of rotatable bonds is 3. The second kappa shape index (κ2) is 5.74. The smallest absolute Gasteiger partial charge is 0.140 e. The minimum absolute atomic E-state index is 0.626. The third-order valence-electron chi connectivity index (χ3n) is 2.35. The molecule has 0 fully saturated rings. The van der Waals surface area contributed by atoms with E-state index in [2.05, 4.69) is 28.7 Å². The molecule has 0 spiro atoms. The summed E-state index contributed by atoms with van der Waals surface area (Å²) in [6.07, 6.45) is 0. The van der Waals surface area contributed by atoms with E-state index in [0.29, 0.717) is 5.56 Å². The van der Waals surface area contributed by atoms with E-state index in [4.69, 9.17) is 14.7 Å². The van der Waals surface area contributed by atoms with Crippen molar-refractivity contribution in [1.29, 1.82) is 5.26 Å². The van der Waals surface area contributed by atoms with Crippen LogP contribution < -0.4 is 9.47 Å². The van der Waals surface area contributed by atoms with Gasteiger partial charge in [-0.1, -0.05) is 0 Å². The molecule has 18 heavy (non-hydrogen) atoms. The molecular formula is C14H10INO2. The van der Waals surface area contributed by atoms with Crippen molar-refractivity contribution in [2.75, 3.05) is 7.11 Å². The minimum atomic E-state index is 0.626. The summed E-state index contributed by atoms with van der Waals surface area (Å²) < 4.78 is 11.7. The first kappa shape index (κ1) is 12.7. The maximum atomic E-state index is 8.79. The SMILES string of the molecule is COc1ccc(Oc2ccc(C#N)cc2I)cc1. The maximum Gasteiger partial charge on any atom is 0.140 e. The fraction of sp³-hybridized carbons (Fsp3) is 0.0714. The summed E-state index contributed by atoms with van der Waals surface area (Å²) >= 11 is 2.15. The highest BCUT2D eigenvalue weighted by Gasteiger charge is 2.04. The van der Waals surface area contributed by atoms with E-state index in [1.54, 1.807) is 25.3 Å². The van der Waals surface area contributed by atoms with E-state index >= 15 is 0 Å². The van der Waals surface area contributed by atoms with Gasteiger partial charge in [-0.15, -0.1) is 0 Å². The van der Waals surface area contributed by atoms with Gasteiger partial charge >= 0.3 is 0 Å². The van der Waals surface area contributed by atoms with Crippen molar-refractivity contribution in [3.63, 3.8) is 0 Å². The van der Waals surface area contributed by atoms with E-state index in [9.17, 15) is 0 Å². The van der Waals surface area contributed by atoms with Gasteiger partial charge < -0.3 is 9.47 Å². The van der Waals surface area contributed by atoms with Gasteiger partial charge in [0.1, 0.15) is 17.2 Å². The largest absolute Gasteiger partial charge is 0.497 e. The topological polar surface area (TPSA) is 42.2 Å². The van der Waals surface area contributed by atoms with Gasteiger partial charge in [-0.2, -0.15) is 5.26 Å². The lowest BCUT2D eigenvalue weighted by molar-refractivity contribution is 0.412. The molecule has 90 valence electrons. The van der Waals surface area contributed by atoms with Crippen LogP contribution in [-0.4, -0.2) is 7.11 Å². The number of hydrogen-bond donors (Lipinski definition) is 0. The fourth-order valence-corrected chi connectivity index (χ4v) is 2.05. The zero-order valence-electron chi connectivity index (χ0n) is 9.68. The van der Waals surface area contributed by atoms with Gasteiger partial charge in [0.25, 0.3) is 0 Å². The van der Waals surface area contributed by atoms with Crippen LogP contribution in [-0.2, 0) is 0 Å². The molecule has 2 aromatic rings. The molecule has 0 unspecified atom stereocenters. The van der Waals surface area contributed by atoms with Crippen LogP contribution in [0.1, 0.15) is 5.56 Å². The molecule has 0 N–H and O–H groups in total. The summed E-state index contributed by atoms with van der Waals surface area (Å²) in [6.45, 7) is 0. The second-order valence-electron chi connectivity index (χ2n) is 3.53. The summed E-state index contributed by atoms with van der Waals surface area (Å²) in [7, 11) is 1.62. The number of nitriles is 1. The van der Waals surface area contributed by atoms with Crippen LogP contribution >= 0.6 is 22.6 Å². The van der Waals surface area contributed by atoms with Gasteiger partial charge in [-0.05, 0) is 65.1 Å². The quantitative estimate of drug-likeness (QED) is 0.786. The molecule has 0 heterocycles. The van der Waals surface area contributed by atoms with E-state index in [-0.39, 0.29) is 0 Å². The first-order chi connectivity index (χ1) is 8.72.